The number of nitrogens with zero attached hydrogens (tertiary/aromatic N) is 2. The molecule has 0 bridgehead atoms. The maximum absolute atomic E-state index is 14.0. The smallest absolute Gasteiger partial charge is 0.264 e. The van der Waals surface area contributed by atoms with Gasteiger partial charge in [0.1, 0.15) is 18.3 Å². The van der Waals surface area contributed by atoms with Crippen LogP contribution in [0.4, 0.5) is 5.69 Å². The van der Waals surface area contributed by atoms with Crippen LogP contribution in [0.3, 0.4) is 0 Å². The van der Waals surface area contributed by atoms with Crippen molar-refractivity contribution in [1.82, 2.24) is 10.2 Å². The maximum Gasteiger partial charge on any atom is 0.264 e. The van der Waals surface area contributed by atoms with E-state index in [9.17, 15) is 18.0 Å². The number of benzene rings is 3. The van der Waals surface area contributed by atoms with E-state index in [1.54, 1.807) is 42.5 Å². The zero-order chi connectivity index (χ0) is 29.0. The number of hydrogen-bond acceptors (Lipinski definition) is 5. The van der Waals surface area contributed by atoms with Crippen LogP contribution in [-0.2, 0) is 26.2 Å². The van der Waals surface area contributed by atoms with Crippen molar-refractivity contribution in [2.45, 2.75) is 57.5 Å². The first-order valence-corrected chi connectivity index (χ1v) is 15.2. The summed E-state index contributed by atoms with van der Waals surface area (Å²) in [6.07, 6.45) is 2.14. The first kappa shape index (κ1) is 30.7. The van der Waals surface area contributed by atoms with Gasteiger partial charge in [-0.15, -0.1) is 0 Å². The van der Waals surface area contributed by atoms with Gasteiger partial charge < -0.3 is 15.0 Å². The Morgan fingerprint density at radius 2 is 1.50 bits per heavy atom. The Morgan fingerprint density at radius 3 is 2.08 bits per heavy atom. The van der Waals surface area contributed by atoms with E-state index in [0.717, 1.165) is 22.7 Å². The summed E-state index contributed by atoms with van der Waals surface area (Å²) in [6.45, 7) is 6.43. The number of anilines is 1. The summed E-state index contributed by atoms with van der Waals surface area (Å²) >= 11 is 0. The predicted octanol–water partition coefficient (Wildman–Crippen LogP) is 5.00. The molecule has 9 heteroatoms. The zero-order valence-corrected chi connectivity index (χ0v) is 24.3. The summed E-state index contributed by atoms with van der Waals surface area (Å²) in [5.74, 6) is -0.136. The van der Waals surface area contributed by atoms with E-state index in [0.29, 0.717) is 31.0 Å². The minimum atomic E-state index is -4.11. The van der Waals surface area contributed by atoms with Crippen LogP contribution in [0.2, 0.25) is 0 Å². The Labute approximate surface area is 238 Å². The standard InChI is InChI=1S/C31H39N3O5S/c1-4-7-22-32-31(36)29(5-2)33(23-25-14-10-8-11-15-25)30(35)24-34(26-18-20-27(21-19-26)39-6-3)40(37,38)28-16-12-9-13-17-28/h8-21,29H,4-7,22-24H2,1-3H3,(H,32,36)/t29-/m1/s1. The van der Waals surface area contributed by atoms with Gasteiger partial charge in [-0.05, 0) is 61.7 Å². The first-order chi connectivity index (χ1) is 19.3. The SMILES string of the molecule is CCCCNC(=O)[C@@H](CC)N(Cc1ccccc1)C(=O)CN(c1ccc(OCC)cc1)S(=O)(=O)c1ccccc1. The summed E-state index contributed by atoms with van der Waals surface area (Å²) < 4.78 is 34.3. The Hall–Kier alpha value is -3.85. The molecule has 2 amide bonds. The number of amides is 2. The molecule has 3 aromatic rings. The lowest BCUT2D eigenvalue weighted by Gasteiger charge is -2.33. The minimum Gasteiger partial charge on any atom is -0.494 e. The molecule has 1 N–H and O–H groups in total. The third-order valence-corrected chi connectivity index (χ3v) is 8.25. The van der Waals surface area contributed by atoms with Crippen LogP contribution in [0.15, 0.2) is 89.8 Å². The third-order valence-electron chi connectivity index (χ3n) is 6.46. The molecule has 0 unspecified atom stereocenters. The van der Waals surface area contributed by atoms with Gasteiger partial charge in [0, 0.05) is 13.1 Å². The van der Waals surface area contributed by atoms with Crippen molar-refractivity contribution < 1.29 is 22.7 Å². The fraction of sp³-hybridized carbons (Fsp3) is 0.355. The molecule has 3 aromatic carbocycles. The van der Waals surface area contributed by atoms with E-state index in [2.05, 4.69) is 5.32 Å². The summed E-state index contributed by atoms with van der Waals surface area (Å²) in [4.78, 5) is 28.8. The van der Waals surface area contributed by atoms with Crippen molar-refractivity contribution in [2.75, 3.05) is 24.0 Å². The molecule has 0 radical (unpaired) electrons. The summed E-state index contributed by atoms with van der Waals surface area (Å²) in [7, 11) is -4.11. The molecular weight excluding hydrogens is 526 g/mol. The van der Waals surface area contributed by atoms with Crippen LogP contribution in [0, 0.1) is 0 Å². The number of rotatable bonds is 15. The van der Waals surface area contributed by atoms with Gasteiger partial charge in [0.05, 0.1) is 17.2 Å². The molecule has 0 spiro atoms. The van der Waals surface area contributed by atoms with Crippen molar-refractivity contribution in [1.29, 1.82) is 0 Å². The van der Waals surface area contributed by atoms with E-state index in [-0.39, 0.29) is 17.3 Å². The maximum atomic E-state index is 14.0. The topological polar surface area (TPSA) is 96.0 Å². The normalized spacial score (nSPS) is 11.9. The quantitative estimate of drug-likeness (QED) is 0.262. The van der Waals surface area contributed by atoms with Crippen molar-refractivity contribution >= 4 is 27.5 Å². The van der Waals surface area contributed by atoms with Gasteiger partial charge in [-0.3, -0.25) is 13.9 Å². The van der Waals surface area contributed by atoms with Crippen LogP contribution >= 0.6 is 0 Å². The molecule has 3 rings (SSSR count). The highest BCUT2D eigenvalue weighted by Gasteiger charge is 2.33. The minimum absolute atomic E-state index is 0.0654. The Morgan fingerprint density at radius 1 is 0.875 bits per heavy atom. The van der Waals surface area contributed by atoms with Gasteiger partial charge in [-0.1, -0.05) is 68.8 Å². The molecule has 0 aliphatic carbocycles. The molecule has 0 aliphatic rings. The number of hydrogen-bond donors (Lipinski definition) is 1. The number of nitrogens with one attached hydrogen (secondary N) is 1. The molecule has 0 fully saturated rings. The highest BCUT2D eigenvalue weighted by atomic mass is 32.2. The summed E-state index contributed by atoms with van der Waals surface area (Å²) in [6, 6.07) is 23.2. The molecular formula is C31H39N3O5S. The van der Waals surface area contributed by atoms with Gasteiger partial charge in [0.25, 0.3) is 10.0 Å². The number of carbonyl (C=O) groups is 2. The number of ether oxygens (including phenoxy) is 1. The van der Waals surface area contributed by atoms with Gasteiger partial charge in [-0.25, -0.2) is 8.42 Å². The van der Waals surface area contributed by atoms with Crippen molar-refractivity contribution in [3.63, 3.8) is 0 Å². The average molecular weight is 566 g/mol. The zero-order valence-electron chi connectivity index (χ0n) is 23.5. The molecule has 0 saturated carbocycles. The second kappa shape index (κ2) is 15.1. The third kappa shape index (κ3) is 8.08. The lowest BCUT2D eigenvalue weighted by molar-refractivity contribution is -0.140. The number of carbonyl (C=O) groups excluding carboxylic acids is 2. The molecule has 0 aliphatic heterocycles. The van der Waals surface area contributed by atoms with E-state index in [4.69, 9.17) is 4.74 Å². The van der Waals surface area contributed by atoms with Crippen molar-refractivity contribution in [3.05, 3.63) is 90.5 Å². The Balaban J connectivity index is 2.00. The fourth-order valence-corrected chi connectivity index (χ4v) is 5.76. The molecule has 0 saturated heterocycles. The van der Waals surface area contributed by atoms with Crippen LogP contribution < -0.4 is 14.4 Å². The van der Waals surface area contributed by atoms with Gasteiger partial charge in [0.15, 0.2) is 0 Å². The highest BCUT2D eigenvalue weighted by molar-refractivity contribution is 7.92. The van der Waals surface area contributed by atoms with Crippen molar-refractivity contribution in [3.8, 4) is 5.75 Å². The van der Waals surface area contributed by atoms with Gasteiger partial charge >= 0.3 is 0 Å². The molecule has 40 heavy (non-hydrogen) atoms. The van der Waals surface area contributed by atoms with Crippen LogP contribution in [0.1, 0.15) is 45.6 Å². The Bertz CT molecular complexity index is 1320. The monoisotopic (exact) mass is 565 g/mol. The molecule has 1 atom stereocenters. The average Bonchev–Trinajstić information content (AvgIpc) is 2.97. The van der Waals surface area contributed by atoms with Gasteiger partial charge in [0.2, 0.25) is 11.8 Å². The second-order valence-corrected chi connectivity index (χ2v) is 11.2. The predicted molar refractivity (Wildman–Crippen MR) is 158 cm³/mol. The van der Waals surface area contributed by atoms with E-state index >= 15 is 0 Å². The number of unbranched alkanes of at least 4 members (excludes halogenated alkanes) is 1. The summed E-state index contributed by atoms with van der Waals surface area (Å²) in [5.41, 5.74) is 1.16. The summed E-state index contributed by atoms with van der Waals surface area (Å²) in [5, 5.41) is 2.94. The van der Waals surface area contributed by atoms with E-state index in [1.807, 2.05) is 51.1 Å². The highest BCUT2D eigenvalue weighted by Crippen LogP contribution is 2.27. The second-order valence-electron chi connectivity index (χ2n) is 9.33. The number of sulfonamides is 1. The van der Waals surface area contributed by atoms with E-state index in [1.165, 1.54) is 17.0 Å². The van der Waals surface area contributed by atoms with Crippen LogP contribution in [0.5, 0.6) is 5.75 Å². The van der Waals surface area contributed by atoms with Crippen LogP contribution in [-0.4, -0.2) is 50.9 Å². The lowest BCUT2D eigenvalue weighted by Crippen LogP contribution is -2.52. The van der Waals surface area contributed by atoms with Gasteiger partial charge in [-0.2, -0.15) is 0 Å². The lowest BCUT2D eigenvalue weighted by atomic mass is 10.1. The van der Waals surface area contributed by atoms with Crippen LogP contribution in [0.25, 0.3) is 0 Å². The molecule has 214 valence electrons. The fourth-order valence-electron chi connectivity index (χ4n) is 4.33. The largest absolute Gasteiger partial charge is 0.494 e. The molecule has 8 nitrogen and oxygen atoms in total. The molecule has 0 heterocycles. The first-order valence-electron chi connectivity index (χ1n) is 13.7. The molecule has 0 aromatic heterocycles. The van der Waals surface area contributed by atoms with Crippen molar-refractivity contribution in [2.24, 2.45) is 0 Å². The van der Waals surface area contributed by atoms with E-state index < -0.39 is 28.5 Å². The Kier molecular flexibility index (Phi) is 11.6.